The average molecular weight is 319 g/mol. The van der Waals surface area contributed by atoms with Gasteiger partial charge in [0.2, 0.25) is 0 Å². The van der Waals surface area contributed by atoms with Crippen LogP contribution in [0.2, 0.25) is 0 Å². The molecule has 3 rings (SSSR count). The third-order valence-electron chi connectivity index (χ3n) is 5.13. The molecule has 0 bridgehead atoms. The van der Waals surface area contributed by atoms with Gasteiger partial charge in [0.25, 0.3) is 0 Å². The first-order chi connectivity index (χ1) is 11.0. The van der Waals surface area contributed by atoms with Gasteiger partial charge >= 0.3 is 0 Å². The first kappa shape index (κ1) is 16.4. The minimum atomic E-state index is -0.293. The van der Waals surface area contributed by atoms with Crippen LogP contribution < -0.4 is 10.2 Å². The fourth-order valence-electron chi connectivity index (χ4n) is 3.67. The molecule has 23 heavy (non-hydrogen) atoms. The maximum absolute atomic E-state index is 14.3. The van der Waals surface area contributed by atoms with Gasteiger partial charge in [0.05, 0.1) is 5.69 Å². The molecule has 2 heterocycles. The van der Waals surface area contributed by atoms with E-state index >= 15 is 0 Å². The number of nitrogens with one attached hydrogen (secondary N) is 1. The number of ketones is 1. The number of nitrogens with zero attached hydrogens (tertiary/aromatic N) is 2. The third-order valence-corrected chi connectivity index (χ3v) is 5.13. The van der Waals surface area contributed by atoms with Crippen molar-refractivity contribution in [1.29, 1.82) is 0 Å². The molecule has 1 aromatic rings. The highest BCUT2D eigenvalue weighted by Gasteiger charge is 2.32. The maximum Gasteiger partial charge on any atom is 0.159 e. The summed E-state index contributed by atoms with van der Waals surface area (Å²) in [6, 6.07) is 4.82. The number of hydrogen-bond acceptors (Lipinski definition) is 4. The number of hydrogen-bond donors (Lipinski definition) is 1. The van der Waals surface area contributed by atoms with Crippen LogP contribution in [0.15, 0.2) is 18.2 Å². The molecule has 0 saturated carbocycles. The second-order valence-corrected chi connectivity index (χ2v) is 7.22. The summed E-state index contributed by atoms with van der Waals surface area (Å²) in [6.07, 6.45) is 1.23. The van der Waals surface area contributed by atoms with Crippen LogP contribution in [0.3, 0.4) is 0 Å². The van der Waals surface area contributed by atoms with Gasteiger partial charge < -0.3 is 10.2 Å². The highest BCUT2D eigenvalue weighted by molar-refractivity contribution is 5.94. The second kappa shape index (κ2) is 6.57. The highest BCUT2D eigenvalue weighted by Crippen LogP contribution is 2.27. The van der Waals surface area contributed by atoms with Crippen molar-refractivity contribution in [3.05, 3.63) is 29.6 Å². The van der Waals surface area contributed by atoms with Crippen LogP contribution in [-0.2, 0) is 0 Å². The van der Waals surface area contributed by atoms with Crippen LogP contribution in [0.4, 0.5) is 10.1 Å². The zero-order valence-electron chi connectivity index (χ0n) is 14.1. The molecule has 0 aromatic heterocycles. The Bertz CT molecular complexity index is 576. The van der Waals surface area contributed by atoms with Crippen molar-refractivity contribution < 1.29 is 9.18 Å². The SMILES string of the molecule is CC(=O)c1ccc(N2CCN(CC3(C)CCNC3)CC2)c(F)c1. The Morgan fingerprint density at radius 1 is 1.30 bits per heavy atom. The molecule has 1 N–H and O–H groups in total. The molecule has 0 amide bonds. The molecule has 2 saturated heterocycles. The Kier molecular flexibility index (Phi) is 4.69. The van der Waals surface area contributed by atoms with Gasteiger partial charge in [-0.25, -0.2) is 4.39 Å². The van der Waals surface area contributed by atoms with Gasteiger partial charge in [0.1, 0.15) is 5.82 Å². The summed E-state index contributed by atoms with van der Waals surface area (Å²) in [5.41, 5.74) is 1.42. The minimum absolute atomic E-state index is 0.0984. The summed E-state index contributed by atoms with van der Waals surface area (Å²) in [6.45, 7) is 10.7. The topological polar surface area (TPSA) is 35.6 Å². The van der Waals surface area contributed by atoms with Gasteiger partial charge in [-0.2, -0.15) is 0 Å². The van der Waals surface area contributed by atoms with Gasteiger partial charge in [-0.3, -0.25) is 9.69 Å². The molecule has 0 spiro atoms. The second-order valence-electron chi connectivity index (χ2n) is 7.22. The molecule has 1 unspecified atom stereocenters. The number of carbonyl (C=O) groups excluding carboxylic acids is 1. The van der Waals surface area contributed by atoms with Crippen LogP contribution in [-0.4, -0.2) is 56.5 Å². The molecule has 2 aliphatic rings. The molecular formula is C18H26FN3O. The Balaban J connectivity index is 1.59. The Morgan fingerprint density at radius 3 is 2.61 bits per heavy atom. The largest absolute Gasteiger partial charge is 0.367 e. The summed E-state index contributed by atoms with van der Waals surface area (Å²) >= 11 is 0. The lowest BCUT2D eigenvalue weighted by atomic mass is 9.89. The molecule has 2 aliphatic heterocycles. The molecule has 0 aliphatic carbocycles. The lowest BCUT2D eigenvalue weighted by Gasteiger charge is -2.39. The molecule has 0 radical (unpaired) electrons. The Hall–Kier alpha value is -1.46. The van der Waals surface area contributed by atoms with E-state index in [-0.39, 0.29) is 11.6 Å². The van der Waals surface area contributed by atoms with Gasteiger partial charge in [0, 0.05) is 44.8 Å². The van der Waals surface area contributed by atoms with Crippen molar-refractivity contribution in [3.63, 3.8) is 0 Å². The smallest absolute Gasteiger partial charge is 0.159 e. The number of rotatable bonds is 4. The normalized spacial score (nSPS) is 25.8. The number of halogens is 1. The van der Waals surface area contributed by atoms with Crippen LogP contribution >= 0.6 is 0 Å². The predicted molar refractivity (Wildman–Crippen MR) is 90.7 cm³/mol. The van der Waals surface area contributed by atoms with Gasteiger partial charge in [-0.1, -0.05) is 6.92 Å². The summed E-state index contributed by atoms with van der Waals surface area (Å²) < 4.78 is 14.3. The minimum Gasteiger partial charge on any atom is -0.367 e. The van der Waals surface area contributed by atoms with Crippen LogP contribution in [0, 0.1) is 11.2 Å². The molecule has 2 fully saturated rings. The van der Waals surface area contributed by atoms with E-state index in [1.165, 1.54) is 19.4 Å². The van der Waals surface area contributed by atoms with E-state index in [1.54, 1.807) is 12.1 Å². The summed E-state index contributed by atoms with van der Waals surface area (Å²) in [4.78, 5) is 15.9. The van der Waals surface area contributed by atoms with Crippen LogP contribution in [0.1, 0.15) is 30.6 Å². The number of benzene rings is 1. The lowest BCUT2D eigenvalue weighted by Crippen LogP contribution is -2.50. The summed E-state index contributed by atoms with van der Waals surface area (Å²) in [7, 11) is 0. The maximum atomic E-state index is 14.3. The predicted octanol–water partition coefficient (Wildman–Crippen LogP) is 2.15. The Morgan fingerprint density at radius 2 is 2.04 bits per heavy atom. The monoisotopic (exact) mass is 319 g/mol. The molecule has 126 valence electrons. The first-order valence-corrected chi connectivity index (χ1v) is 8.45. The summed E-state index contributed by atoms with van der Waals surface area (Å²) in [5.74, 6) is -0.392. The molecular weight excluding hydrogens is 293 g/mol. The fourth-order valence-corrected chi connectivity index (χ4v) is 3.67. The van der Waals surface area contributed by atoms with Crippen molar-refractivity contribution >= 4 is 11.5 Å². The van der Waals surface area contributed by atoms with Gasteiger partial charge in [0.15, 0.2) is 5.78 Å². The molecule has 1 atom stereocenters. The third kappa shape index (κ3) is 3.72. The van der Waals surface area contributed by atoms with Crippen molar-refractivity contribution in [2.75, 3.05) is 50.7 Å². The van der Waals surface area contributed by atoms with E-state index in [2.05, 4.69) is 22.0 Å². The molecule has 4 nitrogen and oxygen atoms in total. The summed E-state index contributed by atoms with van der Waals surface area (Å²) in [5, 5.41) is 3.44. The van der Waals surface area contributed by atoms with E-state index in [9.17, 15) is 9.18 Å². The van der Waals surface area contributed by atoms with E-state index in [4.69, 9.17) is 0 Å². The van der Waals surface area contributed by atoms with Crippen molar-refractivity contribution in [3.8, 4) is 0 Å². The van der Waals surface area contributed by atoms with E-state index in [0.29, 0.717) is 16.7 Å². The fraction of sp³-hybridized carbons (Fsp3) is 0.611. The van der Waals surface area contributed by atoms with Gasteiger partial charge in [-0.15, -0.1) is 0 Å². The van der Waals surface area contributed by atoms with Crippen molar-refractivity contribution in [1.82, 2.24) is 10.2 Å². The zero-order valence-corrected chi connectivity index (χ0v) is 14.1. The van der Waals surface area contributed by atoms with E-state index in [0.717, 1.165) is 45.8 Å². The van der Waals surface area contributed by atoms with Crippen molar-refractivity contribution in [2.45, 2.75) is 20.3 Å². The number of Topliss-reactive ketones (excluding diaryl/α,β-unsaturated/α-hetero) is 1. The van der Waals surface area contributed by atoms with E-state index in [1.807, 2.05) is 0 Å². The number of piperazine rings is 1. The van der Waals surface area contributed by atoms with Crippen LogP contribution in [0.25, 0.3) is 0 Å². The first-order valence-electron chi connectivity index (χ1n) is 8.45. The quantitative estimate of drug-likeness (QED) is 0.863. The lowest BCUT2D eigenvalue weighted by molar-refractivity contribution is 0.101. The standard InChI is InChI=1S/C18H26FN3O/c1-14(23)15-3-4-17(16(19)11-15)22-9-7-21(8-10-22)13-18(2)5-6-20-12-18/h3-4,11,20H,5-10,12-13H2,1-2H3. The average Bonchev–Trinajstić information content (AvgIpc) is 2.94. The number of carbonyl (C=O) groups is 1. The van der Waals surface area contributed by atoms with Crippen molar-refractivity contribution in [2.24, 2.45) is 5.41 Å². The zero-order chi connectivity index (χ0) is 16.4. The molecule has 5 heteroatoms. The Labute approximate surface area is 137 Å². The van der Waals surface area contributed by atoms with Gasteiger partial charge in [-0.05, 0) is 43.5 Å². The molecule has 1 aromatic carbocycles. The van der Waals surface area contributed by atoms with E-state index < -0.39 is 0 Å². The highest BCUT2D eigenvalue weighted by atomic mass is 19.1. The van der Waals surface area contributed by atoms with Crippen LogP contribution in [0.5, 0.6) is 0 Å². The number of anilines is 1.